The van der Waals surface area contributed by atoms with E-state index < -0.39 is 18.3 Å². The zero-order valence-electron chi connectivity index (χ0n) is 16.0. The van der Waals surface area contributed by atoms with Crippen LogP contribution >= 0.6 is 23.4 Å². The largest absolute Gasteiger partial charge is 0.416 e. The van der Waals surface area contributed by atoms with Gasteiger partial charge in [0, 0.05) is 18.0 Å². The summed E-state index contributed by atoms with van der Waals surface area (Å²) in [6.07, 6.45) is -2.16. The zero-order chi connectivity index (χ0) is 22.9. The van der Waals surface area contributed by atoms with Gasteiger partial charge in [-0.2, -0.15) is 22.0 Å². The van der Waals surface area contributed by atoms with Crippen LogP contribution in [0.5, 0.6) is 0 Å². The van der Waals surface area contributed by atoms with Crippen molar-refractivity contribution in [2.24, 2.45) is 0 Å². The average Bonchev–Trinajstić information content (AvgIpc) is 3.39. The molecule has 0 spiro atoms. The Morgan fingerprint density at radius 1 is 1.03 bits per heavy atom. The van der Waals surface area contributed by atoms with E-state index in [2.05, 4.69) is 15.2 Å². The number of rotatable bonds is 6. The molecule has 0 saturated heterocycles. The van der Waals surface area contributed by atoms with Crippen LogP contribution < -0.4 is 0 Å². The van der Waals surface area contributed by atoms with Gasteiger partial charge in [0.15, 0.2) is 11.0 Å². The van der Waals surface area contributed by atoms with Gasteiger partial charge in [0.05, 0.1) is 22.0 Å². The lowest BCUT2D eigenvalue weighted by Crippen LogP contribution is -2.07. The lowest BCUT2D eigenvalue weighted by atomic mass is 10.1. The molecule has 0 radical (unpaired) electrons. The molecule has 2 aromatic heterocycles. The smallest absolute Gasteiger partial charge is 0.277 e. The second-order valence-electron chi connectivity index (χ2n) is 6.49. The Balaban J connectivity index is 1.80. The predicted molar refractivity (Wildman–Crippen MR) is 110 cm³/mol. The fourth-order valence-electron chi connectivity index (χ4n) is 3.00. The summed E-state index contributed by atoms with van der Waals surface area (Å²) >= 11 is 7.29. The molecule has 12 heteroatoms. The number of nitrogens with zero attached hydrogens (tertiary/aromatic N) is 5. The summed E-state index contributed by atoms with van der Waals surface area (Å²) < 4.78 is 68.3. The summed E-state index contributed by atoms with van der Waals surface area (Å²) in [5, 5.41) is 8.74. The second-order valence-corrected chi connectivity index (χ2v) is 7.84. The van der Waals surface area contributed by atoms with Gasteiger partial charge < -0.3 is 0 Å². The Morgan fingerprint density at radius 2 is 1.81 bits per heavy atom. The summed E-state index contributed by atoms with van der Waals surface area (Å²) in [6.45, 7) is -2.77. The van der Waals surface area contributed by atoms with Gasteiger partial charge in [0.2, 0.25) is 0 Å². The van der Waals surface area contributed by atoms with Gasteiger partial charge in [0.1, 0.15) is 5.82 Å². The molecule has 4 aromatic rings. The van der Waals surface area contributed by atoms with Crippen molar-refractivity contribution in [2.45, 2.75) is 23.6 Å². The number of imidazole rings is 1. The lowest BCUT2D eigenvalue weighted by molar-refractivity contribution is -0.137. The van der Waals surface area contributed by atoms with Crippen LogP contribution in [0.4, 0.5) is 22.0 Å². The molecule has 0 fully saturated rings. The first kappa shape index (κ1) is 22.3. The minimum Gasteiger partial charge on any atom is -0.277 e. The van der Waals surface area contributed by atoms with Crippen molar-refractivity contribution in [1.82, 2.24) is 24.3 Å². The summed E-state index contributed by atoms with van der Waals surface area (Å²) in [7, 11) is 0. The summed E-state index contributed by atoms with van der Waals surface area (Å²) in [6, 6.07) is 11.4. The molecule has 0 saturated carbocycles. The molecule has 0 bridgehead atoms. The van der Waals surface area contributed by atoms with Crippen molar-refractivity contribution in [1.29, 1.82) is 0 Å². The molecule has 32 heavy (non-hydrogen) atoms. The van der Waals surface area contributed by atoms with Crippen LogP contribution in [-0.2, 0) is 11.9 Å². The van der Waals surface area contributed by atoms with E-state index in [-0.39, 0.29) is 28.2 Å². The van der Waals surface area contributed by atoms with Gasteiger partial charge in [-0.15, -0.1) is 10.2 Å². The van der Waals surface area contributed by atoms with Crippen LogP contribution in [0.3, 0.4) is 0 Å². The zero-order valence-corrected chi connectivity index (χ0v) is 17.5. The van der Waals surface area contributed by atoms with Crippen LogP contribution in [0.25, 0.3) is 17.1 Å². The molecule has 0 aliphatic carbocycles. The molecule has 2 aromatic carbocycles. The monoisotopic (exact) mass is 485 g/mol. The van der Waals surface area contributed by atoms with Crippen molar-refractivity contribution in [3.8, 4) is 17.1 Å². The van der Waals surface area contributed by atoms with Crippen LogP contribution in [0, 0.1) is 0 Å². The van der Waals surface area contributed by atoms with Gasteiger partial charge in [0.25, 0.3) is 0 Å². The highest BCUT2D eigenvalue weighted by Crippen LogP contribution is 2.35. The molecule has 0 atom stereocenters. The Kier molecular flexibility index (Phi) is 6.20. The molecule has 0 aliphatic rings. The lowest BCUT2D eigenvalue weighted by Gasteiger charge is -2.14. The maximum Gasteiger partial charge on any atom is 0.416 e. The molecular formula is C20H13ClF5N5S. The summed E-state index contributed by atoms with van der Waals surface area (Å²) in [4.78, 5) is 3.92. The number of thioether (sulfide) groups is 1. The van der Waals surface area contributed by atoms with Crippen molar-refractivity contribution in [3.63, 3.8) is 0 Å². The Hall–Kier alpha value is -2.92. The summed E-state index contributed by atoms with van der Waals surface area (Å²) in [5.74, 6) is 0.300. The van der Waals surface area contributed by atoms with Gasteiger partial charge in [-0.1, -0.05) is 41.6 Å². The molecule has 2 heterocycles. The first-order valence-electron chi connectivity index (χ1n) is 9.06. The normalized spacial score (nSPS) is 12.0. The highest BCUT2D eigenvalue weighted by molar-refractivity contribution is 7.98. The first-order chi connectivity index (χ1) is 15.3. The Bertz CT molecular complexity index is 1240. The highest BCUT2D eigenvalue weighted by atomic mass is 35.5. The van der Waals surface area contributed by atoms with Gasteiger partial charge in [-0.25, -0.2) is 4.98 Å². The van der Waals surface area contributed by atoms with Crippen LogP contribution in [0.15, 0.2) is 66.1 Å². The predicted octanol–water partition coefficient (Wildman–Crippen LogP) is 6.49. The molecule has 166 valence electrons. The number of halogens is 6. The third-order valence-electron chi connectivity index (χ3n) is 4.47. The van der Waals surface area contributed by atoms with Crippen molar-refractivity contribution in [3.05, 3.63) is 77.3 Å². The topological polar surface area (TPSA) is 48.5 Å². The van der Waals surface area contributed by atoms with Gasteiger partial charge >= 0.3 is 12.7 Å². The maximum atomic E-state index is 13.3. The molecule has 5 nitrogen and oxygen atoms in total. The maximum absolute atomic E-state index is 13.3. The van der Waals surface area contributed by atoms with Crippen LogP contribution in [-0.4, -0.2) is 24.3 Å². The third kappa shape index (κ3) is 4.49. The number of aromatic nitrogens is 5. The van der Waals surface area contributed by atoms with Gasteiger partial charge in [-0.3, -0.25) is 9.13 Å². The fourth-order valence-corrected chi connectivity index (χ4v) is 4.12. The second kappa shape index (κ2) is 8.91. The standard InChI is InChI=1S/C20H13ClF5N5S/c21-15-7-2-1-6-14(15)17-28-29-19(32-11-16-27-8-9-30(16)18(22)23)31(17)13-5-3-4-12(10-13)20(24,25)26/h1-10,18H,11H2. The van der Waals surface area contributed by atoms with Gasteiger partial charge in [-0.05, 0) is 30.3 Å². The first-order valence-corrected chi connectivity index (χ1v) is 10.4. The Morgan fingerprint density at radius 3 is 2.53 bits per heavy atom. The van der Waals surface area contributed by atoms with E-state index in [0.717, 1.165) is 30.1 Å². The third-order valence-corrected chi connectivity index (χ3v) is 5.72. The number of hydrogen-bond acceptors (Lipinski definition) is 4. The summed E-state index contributed by atoms with van der Waals surface area (Å²) in [5.41, 5.74) is -0.238. The fraction of sp³-hybridized carbons (Fsp3) is 0.150. The van der Waals surface area contributed by atoms with Crippen LogP contribution in [0.2, 0.25) is 5.02 Å². The minimum atomic E-state index is -4.55. The van der Waals surface area contributed by atoms with E-state index in [4.69, 9.17) is 11.6 Å². The van der Waals surface area contributed by atoms with Crippen LogP contribution in [0.1, 0.15) is 17.9 Å². The van der Waals surface area contributed by atoms with E-state index in [0.29, 0.717) is 15.2 Å². The quantitative estimate of drug-likeness (QED) is 0.231. The molecule has 0 N–H and O–H groups in total. The highest BCUT2D eigenvalue weighted by Gasteiger charge is 2.31. The van der Waals surface area contributed by atoms with E-state index in [9.17, 15) is 22.0 Å². The average molecular weight is 486 g/mol. The molecule has 0 unspecified atom stereocenters. The molecule has 0 aliphatic heterocycles. The number of alkyl halides is 5. The van der Waals surface area contributed by atoms with E-state index in [1.54, 1.807) is 24.3 Å². The van der Waals surface area contributed by atoms with E-state index >= 15 is 0 Å². The molecule has 0 amide bonds. The minimum absolute atomic E-state index is 0.00302. The molecular weight excluding hydrogens is 473 g/mol. The van der Waals surface area contributed by atoms with E-state index in [1.165, 1.54) is 22.9 Å². The Labute approximate surface area is 187 Å². The van der Waals surface area contributed by atoms with Crippen molar-refractivity contribution >= 4 is 23.4 Å². The number of hydrogen-bond donors (Lipinski definition) is 0. The van der Waals surface area contributed by atoms with Crippen molar-refractivity contribution < 1.29 is 22.0 Å². The van der Waals surface area contributed by atoms with Crippen molar-refractivity contribution in [2.75, 3.05) is 0 Å². The number of benzene rings is 2. The SMILES string of the molecule is FC(F)n1ccnc1CSc1nnc(-c2ccccc2Cl)n1-c1cccc(C(F)(F)F)c1. The molecule has 4 rings (SSSR count). The van der Waals surface area contributed by atoms with E-state index in [1.807, 2.05) is 0 Å².